The van der Waals surface area contributed by atoms with Crippen molar-refractivity contribution < 1.29 is 14.3 Å². The van der Waals surface area contributed by atoms with Gasteiger partial charge < -0.3 is 18.6 Å². The van der Waals surface area contributed by atoms with Gasteiger partial charge in [0.25, 0.3) is 0 Å². The van der Waals surface area contributed by atoms with Crippen LogP contribution in [0, 0.1) is 0 Å². The summed E-state index contributed by atoms with van der Waals surface area (Å²) in [6, 6.07) is 15.4. The number of nitrogens with zero attached hydrogens (tertiary/aromatic N) is 4. The van der Waals surface area contributed by atoms with Crippen molar-refractivity contribution in [2.75, 3.05) is 12.9 Å². The summed E-state index contributed by atoms with van der Waals surface area (Å²) in [5.74, 6) is 2.37. The van der Waals surface area contributed by atoms with Crippen LogP contribution in [0.25, 0.3) is 10.9 Å². The lowest BCUT2D eigenvalue weighted by molar-refractivity contribution is 0.102. The van der Waals surface area contributed by atoms with Gasteiger partial charge in [-0.25, -0.2) is 0 Å². The molecular weight excluding hydrogens is 424 g/mol. The predicted molar refractivity (Wildman–Crippen MR) is 126 cm³/mol. The van der Waals surface area contributed by atoms with Gasteiger partial charge in [0.05, 0.1) is 12.9 Å². The van der Waals surface area contributed by atoms with Crippen LogP contribution in [0.15, 0.2) is 59.9 Å². The molecule has 32 heavy (non-hydrogen) atoms. The second-order valence-corrected chi connectivity index (χ2v) is 8.32. The molecule has 4 rings (SSSR count). The van der Waals surface area contributed by atoms with Crippen LogP contribution >= 0.6 is 11.8 Å². The third kappa shape index (κ3) is 4.23. The molecule has 0 spiro atoms. The number of aryl methyl sites for hydroxylation is 1. The summed E-state index contributed by atoms with van der Waals surface area (Å²) in [6.45, 7) is 4.63. The Morgan fingerprint density at radius 3 is 2.56 bits per heavy atom. The minimum absolute atomic E-state index is 0.0670. The Hall–Kier alpha value is -3.26. The number of ether oxygens (including phenoxy) is 2. The van der Waals surface area contributed by atoms with Gasteiger partial charge in [0.2, 0.25) is 0 Å². The van der Waals surface area contributed by atoms with E-state index in [1.54, 1.807) is 7.11 Å². The van der Waals surface area contributed by atoms with Crippen molar-refractivity contribution >= 4 is 28.4 Å². The Morgan fingerprint density at radius 2 is 1.81 bits per heavy atom. The topological polar surface area (TPSA) is 71.2 Å². The number of methoxy groups -OCH3 is 1. The molecule has 0 N–H and O–H groups in total. The summed E-state index contributed by atoms with van der Waals surface area (Å²) >= 11 is 1.39. The average molecular weight is 451 g/mol. The average Bonchev–Trinajstić information content (AvgIpc) is 3.39. The van der Waals surface area contributed by atoms with Crippen molar-refractivity contribution in [2.45, 2.75) is 31.7 Å². The van der Waals surface area contributed by atoms with Crippen LogP contribution in [0.4, 0.5) is 0 Å². The summed E-state index contributed by atoms with van der Waals surface area (Å²) in [5, 5.41) is 10.4. The lowest BCUT2D eigenvalue weighted by atomic mass is 10.1. The van der Waals surface area contributed by atoms with Gasteiger partial charge in [0.15, 0.2) is 34.4 Å². The molecule has 4 aromatic rings. The number of carbonyl (C=O) groups excluding carboxylic acids is 1. The van der Waals surface area contributed by atoms with Crippen molar-refractivity contribution in [1.29, 1.82) is 0 Å². The number of para-hydroxylation sites is 3. The Balaban J connectivity index is 1.50. The zero-order valence-electron chi connectivity index (χ0n) is 18.6. The number of rotatable bonds is 9. The first-order valence-corrected chi connectivity index (χ1v) is 11.4. The molecule has 1 unspecified atom stereocenters. The number of ketones is 1. The number of hydrogen-bond donors (Lipinski definition) is 0. The van der Waals surface area contributed by atoms with E-state index < -0.39 is 0 Å². The number of thioether (sulfide) groups is 1. The Morgan fingerprint density at radius 1 is 1.09 bits per heavy atom. The second kappa shape index (κ2) is 9.48. The molecule has 0 saturated carbocycles. The highest BCUT2D eigenvalue weighted by atomic mass is 32.2. The van der Waals surface area contributed by atoms with Crippen LogP contribution in [0.1, 0.15) is 36.1 Å². The predicted octanol–water partition coefficient (Wildman–Crippen LogP) is 4.91. The zero-order valence-corrected chi connectivity index (χ0v) is 19.4. The Bertz CT molecular complexity index is 1250. The summed E-state index contributed by atoms with van der Waals surface area (Å²) in [7, 11) is 3.57. The highest BCUT2D eigenvalue weighted by Gasteiger charge is 2.21. The quantitative estimate of drug-likeness (QED) is 0.266. The first-order valence-electron chi connectivity index (χ1n) is 10.5. The van der Waals surface area contributed by atoms with Gasteiger partial charge in [-0.2, -0.15) is 0 Å². The fourth-order valence-electron chi connectivity index (χ4n) is 3.74. The molecule has 7 nitrogen and oxygen atoms in total. The molecule has 0 saturated heterocycles. The van der Waals surface area contributed by atoms with Gasteiger partial charge >= 0.3 is 0 Å². The zero-order chi connectivity index (χ0) is 22.7. The third-order valence-electron chi connectivity index (χ3n) is 5.33. The minimum atomic E-state index is -0.332. The Labute approximate surface area is 191 Å². The molecule has 0 amide bonds. The molecule has 0 radical (unpaired) electrons. The van der Waals surface area contributed by atoms with E-state index in [2.05, 4.69) is 10.2 Å². The van der Waals surface area contributed by atoms with Gasteiger partial charge in [-0.15, -0.1) is 10.2 Å². The van der Waals surface area contributed by atoms with E-state index in [0.717, 1.165) is 16.5 Å². The first-order chi connectivity index (χ1) is 15.5. The van der Waals surface area contributed by atoms with Crippen molar-refractivity contribution in [2.24, 2.45) is 7.05 Å². The minimum Gasteiger partial charge on any atom is -0.493 e. The van der Waals surface area contributed by atoms with E-state index >= 15 is 0 Å². The van der Waals surface area contributed by atoms with Crippen LogP contribution in [0.3, 0.4) is 0 Å². The van der Waals surface area contributed by atoms with Gasteiger partial charge in [-0.3, -0.25) is 4.79 Å². The van der Waals surface area contributed by atoms with Crippen LogP contribution in [0.5, 0.6) is 11.5 Å². The van der Waals surface area contributed by atoms with Gasteiger partial charge in [-0.1, -0.05) is 42.1 Å². The molecule has 8 heteroatoms. The lowest BCUT2D eigenvalue weighted by Crippen LogP contribution is -2.12. The van der Waals surface area contributed by atoms with Crippen molar-refractivity contribution in [1.82, 2.24) is 19.3 Å². The van der Waals surface area contributed by atoms with Crippen LogP contribution in [-0.2, 0) is 13.6 Å². The Kier molecular flexibility index (Phi) is 6.50. The molecular formula is C24H26N4O3S. The van der Waals surface area contributed by atoms with Crippen LogP contribution in [0.2, 0.25) is 0 Å². The SMILES string of the molecule is CCn1c(SCC(=O)c2cn(C)c3ccccc23)nnc1C(C)Oc1ccccc1OC. The third-order valence-corrected chi connectivity index (χ3v) is 6.29. The maximum atomic E-state index is 13.0. The number of benzene rings is 2. The smallest absolute Gasteiger partial charge is 0.191 e. The molecule has 2 heterocycles. The number of carbonyl (C=O) groups is 1. The molecule has 0 aliphatic heterocycles. The monoisotopic (exact) mass is 450 g/mol. The van der Waals surface area contributed by atoms with Crippen molar-refractivity contribution in [3.05, 3.63) is 66.1 Å². The van der Waals surface area contributed by atoms with E-state index in [-0.39, 0.29) is 17.6 Å². The highest BCUT2D eigenvalue weighted by molar-refractivity contribution is 7.99. The molecule has 1 atom stereocenters. The summed E-state index contributed by atoms with van der Waals surface area (Å²) in [5.41, 5.74) is 1.77. The number of fused-ring (bicyclic) bond motifs is 1. The lowest BCUT2D eigenvalue weighted by Gasteiger charge is -2.17. The second-order valence-electron chi connectivity index (χ2n) is 7.38. The molecule has 0 aliphatic rings. The van der Waals surface area contributed by atoms with Gasteiger partial charge in [-0.05, 0) is 32.0 Å². The fourth-order valence-corrected chi connectivity index (χ4v) is 4.63. The number of Topliss-reactive ketones (excluding diaryl/α,β-unsaturated/α-hetero) is 1. The van der Waals surface area contributed by atoms with E-state index in [0.29, 0.717) is 29.0 Å². The highest BCUT2D eigenvalue weighted by Crippen LogP contribution is 2.31. The first kappa shape index (κ1) is 22.0. The van der Waals surface area contributed by atoms with E-state index in [1.807, 2.05) is 84.8 Å². The van der Waals surface area contributed by atoms with E-state index in [9.17, 15) is 4.79 Å². The number of hydrogen-bond acceptors (Lipinski definition) is 6. The summed E-state index contributed by atoms with van der Waals surface area (Å²) < 4.78 is 15.4. The normalized spacial score (nSPS) is 12.1. The fraction of sp³-hybridized carbons (Fsp3) is 0.292. The maximum Gasteiger partial charge on any atom is 0.191 e. The van der Waals surface area contributed by atoms with Crippen LogP contribution in [-0.4, -0.2) is 38.0 Å². The van der Waals surface area contributed by atoms with E-state index in [1.165, 1.54) is 11.8 Å². The molecule has 0 fully saturated rings. The van der Waals surface area contributed by atoms with Crippen molar-refractivity contribution in [3.8, 4) is 11.5 Å². The maximum absolute atomic E-state index is 13.0. The van der Waals surface area contributed by atoms with Gasteiger partial charge in [0.1, 0.15) is 0 Å². The summed E-state index contributed by atoms with van der Waals surface area (Å²) in [6.07, 6.45) is 1.56. The standard InChI is InChI=1S/C24H26N4O3S/c1-5-28-23(16(2)31-22-13-9-8-12-21(22)30-4)25-26-24(28)32-15-20(29)18-14-27(3)19-11-7-6-10-17(18)19/h6-14,16H,5,15H2,1-4H3. The molecule has 0 bridgehead atoms. The molecule has 2 aromatic carbocycles. The molecule has 166 valence electrons. The summed E-state index contributed by atoms with van der Waals surface area (Å²) in [4.78, 5) is 13.0. The van der Waals surface area contributed by atoms with Gasteiger partial charge in [0, 0.05) is 36.3 Å². The van der Waals surface area contributed by atoms with E-state index in [4.69, 9.17) is 9.47 Å². The van der Waals surface area contributed by atoms with Crippen LogP contribution < -0.4 is 9.47 Å². The molecule has 2 aromatic heterocycles. The largest absolute Gasteiger partial charge is 0.493 e. The van der Waals surface area contributed by atoms with Crippen molar-refractivity contribution in [3.63, 3.8) is 0 Å². The molecule has 0 aliphatic carbocycles. The number of aromatic nitrogens is 4.